The number of rotatable bonds is 58. The third-order valence-electron chi connectivity index (χ3n) is 18.6. The highest BCUT2D eigenvalue weighted by Crippen LogP contribution is 2.22. The van der Waals surface area contributed by atoms with E-state index in [4.69, 9.17) is 40.1 Å². The molecule has 15 amide bonds. The molecule has 0 unspecified atom stereocenters. The third-order valence-corrected chi connectivity index (χ3v) is 19.8. The minimum absolute atomic E-state index is 0.0307. The van der Waals surface area contributed by atoms with Crippen molar-refractivity contribution >= 4 is 142 Å². The van der Waals surface area contributed by atoms with Gasteiger partial charge in [-0.25, -0.2) is 4.79 Å². The SMILES string of the molecule is CC[C@H](C)[C@H](NC(=O)[C@H](CC(C)C)NC(=O)[C@H](CC(=O)O)NC(=O)[C@H](CC(C)C)NC(=O)[C@@H](N)CCCN=C(N)N)C(=O)N[C@@H](C)C(=O)N[C@@H](CCC(N)=O)C(=O)N[C@@H](CCC(N)=O)C(=O)N[C@@H](CCSC)C(=O)N[C@@H](CCSC)C(=O)N1CCC[C@H]1C(=O)N[C@@H](CCC(=O)O)C(=O)N[C@H](C(=O)N[C@@H](CCCN=C(N)N)C(=O)O)C(C)C. The molecule has 1 rings (SSSR count). The van der Waals surface area contributed by atoms with Crippen LogP contribution in [0.5, 0.6) is 0 Å². The summed E-state index contributed by atoms with van der Waals surface area (Å²) in [6.07, 6.45) is 0.000836. The van der Waals surface area contributed by atoms with Gasteiger partial charge in [0, 0.05) is 38.9 Å². The summed E-state index contributed by atoms with van der Waals surface area (Å²) in [5, 5.41) is 59.5. The quantitative estimate of drug-likeness (QED) is 0.0153. The van der Waals surface area contributed by atoms with Crippen LogP contribution >= 0.6 is 23.5 Å². The second-order valence-electron chi connectivity index (χ2n) is 29.8. The minimum Gasteiger partial charge on any atom is -0.481 e. The van der Waals surface area contributed by atoms with Crippen molar-refractivity contribution in [3.63, 3.8) is 0 Å². The first-order valence-electron chi connectivity index (χ1n) is 38.8. The lowest BCUT2D eigenvalue weighted by Gasteiger charge is -2.31. The molecule has 1 saturated heterocycles. The predicted octanol–water partition coefficient (Wildman–Crippen LogP) is -5.49. The molecule has 117 heavy (non-hydrogen) atoms. The Kier molecular flexibility index (Phi) is 48.8. The molecule has 1 aliphatic heterocycles. The number of aliphatic imine (C=N–C) groups is 2. The van der Waals surface area contributed by atoms with E-state index in [-0.39, 0.29) is 119 Å². The van der Waals surface area contributed by atoms with Crippen LogP contribution in [0.4, 0.5) is 0 Å². The fourth-order valence-electron chi connectivity index (χ4n) is 11.9. The van der Waals surface area contributed by atoms with Crippen LogP contribution in [-0.2, 0) is 86.3 Å². The van der Waals surface area contributed by atoms with Gasteiger partial charge in [-0.05, 0) is 138 Å². The van der Waals surface area contributed by atoms with Crippen LogP contribution in [0.1, 0.15) is 178 Å². The molecule has 15 atom stereocenters. The molecule has 0 radical (unpaired) electrons. The number of guanidine groups is 2. The summed E-state index contributed by atoms with van der Waals surface area (Å²) in [7, 11) is 0. The number of amides is 15. The number of hydrogen-bond donors (Lipinski definition) is 22. The summed E-state index contributed by atoms with van der Waals surface area (Å²) < 4.78 is 0. The molecule has 0 bridgehead atoms. The van der Waals surface area contributed by atoms with Crippen molar-refractivity contribution in [1.82, 2.24) is 68.7 Å². The highest BCUT2D eigenvalue weighted by atomic mass is 32.2. The van der Waals surface area contributed by atoms with Crippen molar-refractivity contribution in [2.24, 2.45) is 73.8 Å². The zero-order chi connectivity index (χ0) is 89.1. The van der Waals surface area contributed by atoms with Crippen molar-refractivity contribution < 1.29 is 102 Å². The molecule has 43 nitrogen and oxygen atoms in total. The normalized spacial score (nSPS) is 16.1. The summed E-state index contributed by atoms with van der Waals surface area (Å²) >= 11 is 2.56. The Morgan fingerprint density at radius 1 is 0.427 bits per heavy atom. The smallest absolute Gasteiger partial charge is 0.326 e. The fourth-order valence-corrected chi connectivity index (χ4v) is 12.9. The molecular formula is C72H126N22O21S2. The zero-order valence-electron chi connectivity index (χ0n) is 68.5. The van der Waals surface area contributed by atoms with E-state index in [2.05, 4.69) is 73.8 Å². The molecule has 0 aromatic carbocycles. The lowest BCUT2D eigenvalue weighted by Crippen LogP contribution is -2.61. The van der Waals surface area contributed by atoms with Gasteiger partial charge >= 0.3 is 17.9 Å². The van der Waals surface area contributed by atoms with Crippen LogP contribution in [-0.4, -0.2) is 267 Å². The molecule has 1 aliphatic rings. The Balaban J connectivity index is 3.58. The maximum absolute atomic E-state index is 14.7. The Labute approximate surface area is 689 Å². The highest BCUT2D eigenvalue weighted by molar-refractivity contribution is 7.98. The van der Waals surface area contributed by atoms with Gasteiger partial charge < -0.3 is 124 Å². The van der Waals surface area contributed by atoms with Gasteiger partial charge in [0.1, 0.15) is 78.5 Å². The van der Waals surface area contributed by atoms with Crippen LogP contribution in [0, 0.1) is 23.7 Å². The number of nitrogens with two attached hydrogens (primary N) is 7. The van der Waals surface area contributed by atoms with Crippen molar-refractivity contribution in [1.29, 1.82) is 0 Å². The average Bonchev–Trinajstić information content (AvgIpc) is 1.73. The third kappa shape index (κ3) is 40.9. The molecular weight excluding hydrogens is 1570 g/mol. The largest absolute Gasteiger partial charge is 0.481 e. The molecule has 45 heteroatoms. The highest BCUT2D eigenvalue weighted by Gasteiger charge is 2.42. The first-order valence-corrected chi connectivity index (χ1v) is 41.6. The van der Waals surface area contributed by atoms with Crippen molar-refractivity contribution in [3.05, 3.63) is 0 Å². The van der Waals surface area contributed by atoms with Gasteiger partial charge in [0.05, 0.1) is 12.5 Å². The maximum Gasteiger partial charge on any atom is 0.326 e. The van der Waals surface area contributed by atoms with E-state index in [1.807, 2.05) is 0 Å². The maximum atomic E-state index is 14.7. The van der Waals surface area contributed by atoms with Crippen molar-refractivity contribution in [3.8, 4) is 0 Å². The minimum atomic E-state index is -1.81. The number of primary amides is 2. The summed E-state index contributed by atoms with van der Waals surface area (Å²) in [5.41, 5.74) is 38.5. The topological polar surface area (TPSA) is 722 Å². The Morgan fingerprint density at radius 2 is 0.821 bits per heavy atom. The van der Waals surface area contributed by atoms with Gasteiger partial charge in [0.2, 0.25) is 88.6 Å². The Morgan fingerprint density at radius 3 is 1.28 bits per heavy atom. The van der Waals surface area contributed by atoms with E-state index < -0.39 is 248 Å². The van der Waals surface area contributed by atoms with Crippen LogP contribution in [0.15, 0.2) is 9.98 Å². The molecule has 0 aliphatic carbocycles. The number of carboxylic acids is 3. The average molecular weight is 1700 g/mol. The van der Waals surface area contributed by atoms with Gasteiger partial charge in [-0.2, -0.15) is 23.5 Å². The summed E-state index contributed by atoms with van der Waals surface area (Å²) in [5.74, 6) is -20.4. The number of carboxylic acid groups (broad SMARTS) is 3. The van der Waals surface area contributed by atoms with Crippen LogP contribution in [0.2, 0.25) is 0 Å². The Hall–Kier alpha value is -10.3. The van der Waals surface area contributed by atoms with E-state index in [1.165, 1.54) is 35.3 Å². The molecule has 1 heterocycles. The predicted molar refractivity (Wildman–Crippen MR) is 434 cm³/mol. The van der Waals surface area contributed by atoms with Crippen LogP contribution in [0.3, 0.4) is 0 Å². The van der Waals surface area contributed by atoms with E-state index >= 15 is 0 Å². The van der Waals surface area contributed by atoms with E-state index in [0.717, 1.165) is 0 Å². The van der Waals surface area contributed by atoms with Gasteiger partial charge in [-0.3, -0.25) is 91.5 Å². The fraction of sp³-hybridized carbons (Fsp3) is 0.722. The second kappa shape index (κ2) is 54.5. The number of likely N-dealkylation sites (tertiary alicyclic amines) is 1. The molecule has 0 aromatic heterocycles. The van der Waals surface area contributed by atoms with Gasteiger partial charge in [-0.15, -0.1) is 0 Å². The molecule has 0 aromatic rings. The van der Waals surface area contributed by atoms with E-state index in [9.17, 15) is 102 Å². The summed E-state index contributed by atoms with van der Waals surface area (Å²) in [4.78, 5) is 253. The summed E-state index contributed by atoms with van der Waals surface area (Å²) in [6.45, 7) is 14.7. The van der Waals surface area contributed by atoms with Gasteiger partial charge in [0.15, 0.2) is 11.9 Å². The van der Waals surface area contributed by atoms with E-state index in [0.29, 0.717) is 6.42 Å². The zero-order valence-corrected chi connectivity index (χ0v) is 70.2. The molecule has 0 spiro atoms. The number of aliphatic carboxylic acids is 3. The number of carbonyl (C=O) groups is 18. The number of nitrogens with one attached hydrogen (secondary N) is 12. The van der Waals surface area contributed by atoms with Gasteiger partial charge in [0.25, 0.3) is 0 Å². The monoisotopic (exact) mass is 1700 g/mol. The lowest BCUT2D eigenvalue weighted by molar-refractivity contribution is -0.143. The lowest BCUT2D eigenvalue weighted by atomic mass is 9.96. The first kappa shape index (κ1) is 105. The first-order chi connectivity index (χ1) is 54.8. The molecule has 0 saturated carbocycles. The molecule has 662 valence electrons. The van der Waals surface area contributed by atoms with Crippen molar-refractivity contribution in [2.75, 3.05) is 43.7 Å². The number of nitrogens with zero attached hydrogens (tertiary/aromatic N) is 3. The number of carbonyl (C=O) groups excluding carboxylic acids is 15. The van der Waals surface area contributed by atoms with Crippen molar-refractivity contribution in [2.45, 2.75) is 262 Å². The second-order valence-corrected chi connectivity index (χ2v) is 31.7. The van der Waals surface area contributed by atoms with Gasteiger partial charge in [-0.1, -0.05) is 61.8 Å². The summed E-state index contributed by atoms with van der Waals surface area (Å²) in [6, 6.07) is -20.7. The molecule has 1 fully saturated rings. The standard InChI is InChI=1S/C72H126N22O21S2/c1-12-38(8)56(93-65(109)48(33-36(4)5)90-64(108)49(34-54(99)100)91-63(107)47(32-35(2)3)89-58(102)40(73)16-13-27-80-71(76)77)68(112)82-39(9)57(101)83-41(19-22-51(74)95)59(103)84-42(20-23-52(75)96)60(104)85-44(25-30-116-10)61(105)87-45(26-31-117-11)69(113)94-29-15-18-50(94)66(110)86-43(21-24-53(97)98)62(106)92-55(37(6)7)67(111)88-46(70(114)115)17-14-28-81-72(78)79/h35-50,55-56H,12-34,73H2,1-11H3,(H2,74,95)(H2,75,96)(H,82,112)(H,83,101)(H,84,103)(H,85,104)(H,86,110)(H,87,105)(H,88,111)(H,89,102)(H,90,108)(H,91,107)(H,92,106)(H,93,109)(H,97,98)(H,99,100)(H,114,115)(H4,76,77,80)(H4,78,79,81)/t38-,39-,40-,41-,42-,43-,44-,45-,46-,47-,48-,49-,50-,55-,56-/m0/s1. The number of thioether (sulfide) groups is 2. The Bertz CT molecular complexity index is 3460. The molecule has 29 N–H and O–H groups in total. The number of hydrogen-bond acceptors (Lipinski definition) is 23. The van der Waals surface area contributed by atoms with E-state index in [1.54, 1.807) is 67.9 Å². The van der Waals surface area contributed by atoms with Crippen LogP contribution in [0.25, 0.3) is 0 Å². The van der Waals surface area contributed by atoms with Crippen LogP contribution < -0.4 is 104 Å².